The molecule has 5 nitrogen and oxygen atoms in total. The molecule has 25 heavy (non-hydrogen) atoms. The average molecular weight is 343 g/mol. The van der Waals surface area contributed by atoms with Gasteiger partial charge in [0.15, 0.2) is 0 Å². The van der Waals surface area contributed by atoms with E-state index in [1.807, 2.05) is 0 Å². The fraction of sp³-hybridized carbons (Fsp3) is 0.167. The summed E-state index contributed by atoms with van der Waals surface area (Å²) in [5.74, 6) is -1.25. The van der Waals surface area contributed by atoms with Crippen molar-refractivity contribution in [3.05, 3.63) is 76.3 Å². The van der Waals surface area contributed by atoms with E-state index in [0.717, 1.165) is 16.2 Å². The van der Waals surface area contributed by atoms with Crippen LogP contribution < -0.4 is 10.9 Å². The molecule has 1 heterocycles. The Bertz CT molecular complexity index is 985. The minimum Gasteiger partial charge on any atom is -0.354 e. The van der Waals surface area contributed by atoms with E-state index >= 15 is 0 Å². The zero-order valence-electron chi connectivity index (χ0n) is 13.2. The Morgan fingerprint density at radius 1 is 1.12 bits per heavy atom. The molecule has 3 aromatic rings. The van der Waals surface area contributed by atoms with Gasteiger partial charge in [-0.3, -0.25) is 14.2 Å². The highest BCUT2D eigenvalue weighted by atomic mass is 19.1. The van der Waals surface area contributed by atoms with Crippen molar-refractivity contribution < 1.29 is 13.6 Å². The van der Waals surface area contributed by atoms with Crippen LogP contribution >= 0.6 is 0 Å². The van der Waals surface area contributed by atoms with Crippen LogP contribution in [0.25, 0.3) is 10.9 Å². The fourth-order valence-corrected chi connectivity index (χ4v) is 2.49. The topological polar surface area (TPSA) is 64.0 Å². The molecule has 0 atom stereocenters. The molecule has 0 aliphatic heterocycles. The number of hydrogen-bond acceptors (Lipinski definition) is 3. The maximum Gasteiger partial charge on any atom is 0.261 e. The summed E-state index contributed by atoms with van der Waals surface area (Å²) in [5.41, 5.74) is 0.652. The van der Waals surface area contributed by atoms with E-state index in [1.54, 1.807) is 12.1 Å². The van der Waals surface area contributed by atoms with Crippen molar-refractivity contribution in [3.8, 4) is 0 Å². The molecule has 7 heteroatoms. The van der Waals surface area contributed by atoms with E-state index in [0.29, 0.717) is 18.5 Å². The van der Waals surface area contributed by atoms with Crippen molar-refractivity contribution in [2.24, 2.45) is 0 Å². The summed E-state index contributed by atoms with van der Waals surface area (Å²) in [6, 6.07) is 9.85. The number of amides is 1. The number of rotatable bonds is 5. The predicted molar refractivity (Wildman–Crippen MR) is 89.1 cm³/mol. The van der Waals surface area contributed by atoms with Gasteiger partial charge < -0.3 is 5.32 Å². The molecule has 0 aliphatic rings. The largest absolute Gasteiger partial charge is 0.354 e. The lowest BCUT2D eigenvalue weighted by Crippen LogP contribution is -2.33. The van der Waals surface area contributed by atoms with Crippen LogP contribution in [0.15, 0.2) is 53.6 Å². The summed E-state index contributed by atoms with van der Waals surface area (Å²) in [6.45, 7) is 0.0914. The third-order valence-corrected chi connectivity index (χ3v) is 3.72. The molecule has 128 valence electrons. The van der Waals surface area contributed by atoms with Gasteiger partial charge in [0, 0.05) is 6.54 Å². The summed E-state index contributed by atoms with van der Waals surface area (Å²) >= 11 is 0. The smallest absolute Gasteiger partial charge is 0.261 e. The molecule has 0 bridgehead atoms. The summed E-state index contributed by atoms with van der Waals surface area (Å²) in [7, 11) is 0. The third-order valence-electron chi connectivity index (χ3n) is 3.72. The van der Waals surface area contributed by atoms with Crippen molar-refractivity contribution in [3.63, 3.8) is 0 Å². The minimum absolute atomic E-state index is 0.120. The van der Waals surface area contributed by atoms with Crippen LogP contribution in [0.3, 0.4) is 0 Å². The molecular formula is C18H15F2N3O2. The molecular weight excluding hydrogens is 328 g/mol. The first kappa shape index (κ1) is 16.8. The van der Waals surface area contributed by atoms with Gasteiger partial charge in [0.05, 0.1) is 17.2 Å². The number of aromatic nitrogens is 2. The molecule has 1 N–H and O–H groups in total. The molecule has 0 fully saturated rings. The van der Waals surface area contributed by atoms with Gasteiger partial charge in [-0.05, 0) is 42.3 Å². The van der Waals surface area contributed by atoms with Gasteiger partial charge in [-0.2, -0.15) is 0 Å². The molecule has 1 amide bonds. The number of carbonyl (C=O) groups excluding carboxylic acids is 1. The second-order valence-corrected chi connectivity index (χ2v) is 5.57. The van der Waals surface area contributed by atoms with Crippen molar-refractivity contribution in [1.82, 2.24) is 14.9 Å². The Morgan fingerprint density at radius 2 is 1.92 bits per heavy atom. The standard InChI is InChI=1S/C18H15F2N3O2/c19-13-3-1-2-12(8-13)6-7-21-17(24)10-23-11-22-16-5-4-14(20)9-15(16)18(23)25/h1-5,8-9,11H,6-7,10H2,(H,21,24). The lowest BCUT2D eigenvalue weighted by Gasteiger charge is -2.08. The van der Waals surface area contributed by atoms with E-state index in [4.69, 9.17) is 0 Å². The van der Waals surface area contributed by atoms with Gasteiger partial charge >= 0.3 is 0 Å². The number of halogens is 2. The van der Waals surface area contributed by atoms with Crippen molar-refractivity contribution in [2.45, 2.75) is 13.0 Å². The van der Waals surface area contributed by atoms with E-state index < -0.39 is 11.4 Å². The average Bonchev–Trinajstić information content (AvgIpc) is 2.58. The maximum atomic E-state index is 13.3. The van der Waals surface area contributed by atoms with Crippen LogP contribution in [0.2, 0.25) is 0 Å². The molecule has 0 radical (unpaired) electrons. The lowest BCUT2D eigenvalue weighted by atomic mass is 10.1. The second kappa shape index (κ2) is 7.21. The first-order valence-electron chi connectivity index (χ1n) is 7.69. The van der Waals surface area contributed by atoms with Gasteiger partial charge in [0.25, 0.3) is 5.56 Å². The van der Waals surface area contributed by atoms with Crippen molar-refractivity contribution >= 4 is 16.8 Å². The van der Waals surface area contributed by atoms with E-state index in [2.05, 4.69) is 10.3 Å². The number of hydrogen-bond donors (Lipinski definition) is 1. The summed E-state index contributed by atoms with van der Waals surface area (Å²) in [5, 5.41) is 2.78. The molecule has 3 rings (SSSR count). The highest BCUT2D eigenvalue weighted by molar-refractivity contribution is 5.79. The van der Waals surface area contributed by atoms with Gasteiger partial charge in [-0.1, -0.05) is 12.1 Å². The van der Waals surface area contributed by atoms with Crippen LogP contribution in [0.1, 0.15) is 5.56 Å². The van der Waals surface area contributed by atoms with E-state index in [-0.39, 0.29) is 23.7 Å². The molecule has 1 aromatic heterocycles. The number of carbonyl (C=O) groups is 1. The van der Waals surface area contributed by atoms with Gasteiger partial charge in [0.1, 0.15) is 18.2 Å². The lowest BCUT2D eigenvalue weighted by molar-refractivity contribution is -0.121. The summed E-state index contributed by atoms with van der Waals surface area (Å²) in [4.78, 5) is 28.3. The van der Waals surface area contributed by atoms with Crippen LogP contribution in [0.4, 0.5) is 8.78 Å². The molecule has 2 aromatic carbocycles. The number of nitrogens with zero attached hydrogens (tertiary/aromatic N) is 2. The Labute approximate surface area is 141 Å². The van der Waals surface area contributed by atoms with Crippen LogP contribution in [0, 0.1) is 11.6 Å². The molecule has 0 spiro atoms. The first-order valence-corrected chi connectivity index (χ1v) is 7.69. The van der Waals surface area contributed by atoms with Crippen molar-refractivity contribution in [2.75, 3.05) is 6.54 Å². The van der Waals surface area contributed by atoms with Crippen molar-refractivity contribution in [1.29, 1.82) is 0 Å². The highest BCUT2D eigenvalue weighted by Crippen LogP contribution is 2.08. The fourth-order valence-electron chi connectivity index (χ4n) is 2.49. The Morgan fingerprint density at radius 3 is 2.72 bits per heavy atom. The summed E-state index contributed by atoms with van der Waals surface area (Å²) in [6.07, 6.45) is 1.73. The Kier molecular flexibility index (Phi) is 4.83. The molecule has 0 aliphatic carbocycles. The highest BCUT2D eigenvalue weighted by Gasteiger charge is 2.09. The van der Waals surface area contributed by atoms with E-state index in [9.17, 15) is 18.4 Å². The monoisotopic (exact) mass is 343 g/mol. The van der Waals surface area contributed by atoms with Gasteiger partial charge in [-0.15, -0.1) is 0 Å². The minimum atomic E-state index is -0.538. The Balaban J connectivity index is 1.64. The van der Waals surface area contributed by atoms with Crippen LogP contribution in [-0.2, 0) is 17.8 Å². The number of benzene rings is 2. The van der Waals surface area contributed by atoms with Crippen LogP contribution in [0.5, 0.6) is 0 Å². The number of nitrogens with one attached hydrogen (secondary N) is 1. The third kappa shape index (κ3) is 4.06. The zero-order chi connectivity index (χ0) is 17.8. The predicted octanol–water partition coefficient (Wildman–Crippen LogP) is 2.03. The zero-order valence-corrected chi connectivity index (χ0v) is 13.2. The van der Waals surface area contributed by atoms with Gasteiger partial charge in [-0.25, -0.2) is 13.8 Å². The number of fused-ring (bicyclic) bond motifs is 1. The van der Waals surface area contributed by atoms with Crippen LogP contribution in [-0.4, -0.2) is 22.0 Å². The summed E-state index contributed by atoms with van der Waals surface area (Å²) < 4.78 is 27.5. The quantitative estimate of drug-likeness (QED) is 0.771. The molecule has 0 unspecified atom stereocenters. The Hall–Kier alpha value is -3.09. The maximum absolute atomic E-state index is 13.3. The van der Waals surface area contributed by atoms with Gasteiger partial charge in [0.2, 0.25) is 5.91 Å². The normalized spacial score (nSPS) is 10.8. The first-order chi connectivity index (χ1) is 12.0. The molecule has 0 saturated carbocycles. The molecule has 0 saturated heterocycles. The SMILES string of the molecule is O=C(Cn1cnc2ccc(F)cc2c1=O)NCCc1cccc(F)c1. The van der Waals surface area contributed by atoms with E-state index in [1.165, 1.54) is 30.6 Å². The second-order valence-electron chi connectivity index (χ2n) is 5.57.